The summed E-state index contributed by atoms with van der Waals surface area (Å²) in [6, 6.07) is 16.0. The van der Waals surface area contributed by atoms with Crippen LogP contribution in [-0.2, 0) is 9.59 Å². The third kappa shape index (κ3) is 5.13. The molecule has 0 bridgehead atoms. The lowest BCUT2D eigenvalue weighted by Crippen LogP contribution is -2.28. The number of nitrogens with one attached hydrogen (secondary N) is 1. The van der Waals surface area contributed by atoms with Gasteiger partial charge in [-0.2, -0.15) is 0 Å². The number of carbonyl (C=O) groups is 2. The summed E-state index contributed by atoms with van der Waals surface area (Å²) in [4.78, 5) is 39.8. The minimum absolute atomic E-state index is 0.0950. The van der Waals surface area contributed by atoms with Crippen molar-refractivity contribution in [2.45, 2.75) is 20.3 Å². The molecule has 4 aromatic rings. The first kappa shape index (κ1) is 24.0. The largest absolute Gasteiger partial charge is 0.497 e. The Balaban J connectivity index is 1.21. The highest BCUT2D eigenvalue weighted by molar-refractivity contribution is 6.03. The summed E-state index contributed by atoms with van der Waals surface area (Å²) in [5, 5.41) is 2.90. The quantitative estimate of drug-likeness (QED) is 0.409. The number of benzene rings is 2. The van der Waals surface area contributed by atoms with Gasteiger partial charge in [0.25, 0.3) is 0 Å². The van der Waals surface area contributed by atoms with E-state index < -0.39 is 5.92 Å². The van der Waals surface area contributed by atoms with E-state index in [0.29, 0.717) is 41.1 Å². The highest BCUT2D eigenvalue weighted by Gasteiger charge is 2.35. The standard InChI is InChI=1S/C27H26N6O4/c1-17-18(2)33(16-30-17)24-13-25(29-15-28-24)37-22-9-7-20(8-10-22)31-27(35)19-11-26(34)32(14-19)21-5-4-6-23(12-21)36-3/h4-10,12-13,15-16,19H,11,14H2,1-3H3,(H,31,35). The van der Waals surface area contributed by atoms with E-state index in [9.17, 15) is 9.59 Å². The van der Waals surface area contributed by atoms with Crippen molar-refractivity contribution < 1.29 is 19.1 Å². The molecule has 0 saturated carbocycles. The van der Waals surface area contributed by atoms with Crippen molar-refractivity contribution >= 4 is 23.2 Å². The zero-order valence-electron chi connectivity index (χ0n) is 20.7. The fraction of sp³-hybridized carbons (Fsp3) is 0.222. The third-order valence-electron chi connectivity index (χ3n) is 6.33. The van der Waals surface area contributed by atoms with Gasteiger partial charge in [0.2, 0.25) is 17.7 Å². The highest BCUT2D eigenvalue weighted by atomic mass is 16.5. The van der Waals surface area contributed by atoms with E-state index in [1.807, 2.05) is 36.6 Å². The van der Waals surface area contributed by atoms with Gasteiger partial charge >= 0.3 is 0 Å². The Labute approximate surface area is 213 Å². The van der Waals surface area contributed by atoms with Gasteiger partial charge in [0, 0.05) is 42.2 Å². The number of amides is 2. The van der Waals surface area contributed by atoms with Crippen LogP contribution < -0.4 is 19.7 Å². The molecule has 2 aromatic carbocycles. The van der Waals surface area contributed by atoms with Crippen LogP contribution in [0.15, 0.2) is 67.3 Å². The lowest BCUT2D eigenvalue weighted by atomic mass is 10.1. The summed E-state index contributed by atoms with van der Waals surface area (Å²) in [7, 11) is 1.57. The molecule has 1 unspecified atom stereocenters. The number of nitrogens with zero attached hydrogens (tertiary/aromatic N) is 5. The van der Waals surface area contributed by atoms with Crippen LogP contribution >= 0.6 is 0 Å². The highest BCUT2D eigenvalue weighted by Crippen LogP contribution is 2.29. The van der Waals surface area contributed by atoms with Crippen LogP contribution in [0.4, 0.5) is 11.4 Å². The molecule has 2 aromatic heterocycles. The average molecular weight is 499 g/mol. The second kappa shape index (κ2) is 10.1. The SMILES string of the molecule is COc1cccc(N2CC(C(=O)Nc3ccc(Oc4cc(-n5cnc(C)c5C)ncn4)cc3)CC2=O)c1. The van der Waals surface area contributed by atoms with Crippen molar-refractivity contribution in [2.24, 2.45) is 5.92 Å². The van der Waals surface area contributed by atoms with E-state index in [-0.39, 0.29) is 18.2 Å². The molecular formula is C27H26N6O4. The van der Waals surface area contributed by atoms with Crippen molar-refractivity contribution in [1.29, 1.82) is 0 Å². The molecule has 188 valence electrons. The number of ether oxygens (including phenoxy) is 2. The van der Waals surface area contributed by atoms with Crippen molar-refractivity contribution in [3.05, 3.63) is 78.6 Å². The van der Waals surface area contributed by atoms with Gasteiger partial charge in [-0.25, -0.2) is 15.0 Å². The molecule has 1 N–H and O–H groups in total. The van der Waals surface area contributed by atoms with Gasteiger partial charge in [-0.15, -0.1) is 0 Å². The van der Waals surface area contributed by atoms with Gasteiger partial charge < -0.3 is 19.7 Å². The second-order valence-electron chi connectivity index (χ2n) is 8.72. The lowest BCUT2D eigenvalue weighted by Gasteiger charge is -2.17. The number of aryl methyl sites for hydroxylation is 1. The first-order chi connectivity index (χ1) is 17.9. The molecule has 0 radical (unpaired) electrons. The fourth-order valence-corrected chi connectivity index (χ4v) is 4.13. The maximum Gasteiger partial charge on any atom is 0.229 e. The molecule has 1 aliphatic heterocycles. The first-order valence-corrected chi connectivity index (χ1v) is 11.8. The molecule has 1 aliphatic rings. The van der Waals surface area contributed by atoms with E-state index in [0.717, 1.165) is 11.4 Å². The summed E-state index contributed by atoms with van der Waals surface area (Å²) < 4.78 is 13.0. The molecule has 2 amide bonds. The number of rotatable bonds is 7. The second-order valence-corrected chi connectivity index (χ2v) is 8.72. The van der Waals surface area contributed by atoms with Crippen LogP contribution in [0.3, 0.4) is 0 Å². The van der Waals surface area contributed by atoms with E-state index in [1.54, 1.807) is 54.7 Å². The number of hydrogen-bond donors (Lipinski definition) is 1. The monoisotopic (exact) mass is 498 g/mol. The number of hydrogen-bond acceptors (Lipinski definition) is 7. The zero-order chi connectivity index (χ0) is 25.9. The maximum atomic E-state index is 12.9. The van der Waals surface area contributed by atoms with E-state index in [2.05, 4.69) is 20.3 Å². The van der Waals surface area contributed by atoms with Gasteiger partial charge in [-0.05, 0) is 50.2 Å². The van der Waals surface area contributed by atoms with Crippen molar-refractivity contribution in [3.63, 3.8) is 0 Å². The van der Waals surface area contributed by atoms with Crippen molar-refractivity contribution in [1.82, 2.24) is 19.5 Å². The van der Waals surface area contributed by atoms with Gasteiger partial charge in [0.15, 0.2) is 0 Å². The Bertz CT molecular complexity index is 1450. The summed E-state index contributed by atoms with van der Waals surface area (Å²) in [6.45, 7) is 4.22. The Morgan fingerprint density at radius 3 is 2.57 bits per heavy atom. The molecular weight excluding hydrogens is 472 g/mol. The van der Waals surface area contributed by atoms with Crippen molar-refractivity contribution in [2.75, 3.05) is 23.9 Å². The molecule has 1 fully saturated rings. The maximum absolute atomic E-state index is 12.9. The van der Waals surface area contributed by atoms with Crippen molar-refractivity contribution in [3.8, 4) is 23.2 Å². The number of imidazole rings is 1. The van der Waals surface area contributed by atoms with Crippen LogP contribution in [-0.4, -0.2) is 45.0 Å². The lowest BCUT2D eigenvalue weighted by molar-refractivity contribution is -0.122. The molecule has 10 heteroatoms. The normalized spacial score (nSPS) is 15.1. The third-order valence-corrected chi connectivity index (χ3v) is 6.33. The summed E-state index contributed by atoms with van der Waals surface area (Å²) in [5.41, 5.74) is 3.24. The predicted octanol–water partition coefficient (Wildman–Crippen LogP) is 4.07. The molecule has 3 heterocycles. The summed E-state index contributed by atoms with van der Waals surface area (Å²) in [5.74, 6) is 1.49. The number of methoxy groups -OCH3 is 1. The fourth-order valence-electron chi connectivity index (χ4n) is 4.13. The Morgan fingerprint density at radius 2 is 1.84 bits per heavy atom. The van der Waals surface area contributed by atoms with E-state index in [4.69, 9.17) is 9.47 Å². The molecule has 1 atom stereocenters. The zero-order valence-corrected chi connectivity index (χ0v) is 20.7. The topological polar surface area (TPSA) is 111 Å². The van der Waals surface area contributed by atoms with Crippen LogP contribution in [0, 0.1) is 19.8 Å². The molecule has 5 rings (SSSR count). The smallest absolute Gasteiger partial charge is 0.229 e. The molecule has 10 nitrogen and oxygen atoms in total. The Kier molecular flexibility index (Phi) is 6.55. The molecule has 1 saturated heterocycles. The first-order valence-electron chi connectivity index (χ1n) is 11.8. The molecule has 0 spiro atoms. The number of aromatic nitrogens is 4. The van der Waals surface area contributed by atoms with Crippen LogP contribution in [0.5, 0.6) is 17.4 Å². The van der Waals surface area contributed by atoms with Crippen LogP contribution in [0.2, 0.25) is 0 Å². The Morgan fingerprint density at radius 1 is 1.03 bits per heavy atom. The van der Waals surface area contributed by atoms with Gasteiger partial charge in [-0.3, -0.25) is 14.2 Å². The minimum atomic E-state index is -0.454. The van der Waals surface area contributed by atoms with E-state index >= 15 is 0 Å². The van der Waals surface area contributed by atoms with Gasteiger partial charge in [-0.1, -0.05) is 6.07 Å². The number of carbonyl (C=O) groups excluding carboxylic acids is 2. The average Bonchev–Trinajstić information content (AvgIpc) is 3.47. The van der Waals surface area contributed by atoms with Gasteiger partial charge in [0.05, 0.1) is 18.7 Å². The summed E-state index contributed by atoms with van der Waals surface area (Å²) in [6.07, 6.45) is 3.30. The summed E-state index contributed by atoms with van der Waals surface area (Å²) >= 11 is 0. The minimum Gasteiger partial charge on any atom is -0.497 e. The van der Waals surface area contributed by atoms with Crippen LogP contribution in [0.25, 0.3) is 5.82 Å². The van der Waals surface area contributed by atoms with Gasteiger partial charge in [0.1, 0.15) is 30.0 Å². The Hall–Kier alpha value is -4.73. The predicted molar refractivity (Wildman–Crippen MR) is 137 cm³/mol. The van der Waals surface area contributed by atoms with Crippen LogP contribution in [0.1, 0.15) is 17.8 Å². The number of anilines is 2. The van der Waals surface area contributed by atoms with E-state index in [1.165, 1.54) is 6.33 Å². The molecule has 37 heavy (non-hydrogen) atoms. The molecule has 0 aliphatic carbocycles.